The van der Waals surface area contributed by atoms with Gasteiger partial charge in [-0.2, -0.15) is 0 Å². The van der Waals surface area contributed by atoms with Crippen molar-refractivity contribution in [2.24, 2.45) is 5.14 Å². The average molecular weight is 270 g/mol. The summed E-state index contributed by atoms with van der Waals surface area (Å²) in [5.41, 5.74) is 1.47. The second-order valence-corrected chi connectivity index (χ2v) is 5.42. The van der Waals surface area contributed by atoms with Gasteiger partial charge in [0, 0.05) is 16.3 Å². The molecule has 0 amide bonds. The van der Waals surface area contributed by atoms with Crippen LogP contribution in [0.25, 0.3) is 21.8 Å². The molecule has 0 atom stereocenters. The van der Waals surface area contributed by atoms with E-state index >= 15 is 0 Å². The number of sulfonamides is 1. The largest absolute Gasteiger partial charge is 1.00 e. The van der Waals surface area contributed by atoms with Gasteiger partial charge >= 0.3 is 29.6 Å². The van der Waals surface area contributed by atoms with Crippen LogP contribution in [-0.4, -0.2) is 13.4 Å². The van der Waals surface area contributed by atoms with Gasteiger partial charge in [0.2, 0.25) is 10.0 Å². The summed E-state index contributed by atoms with van der Waals surface area (Å²) in [6.07, 6.45) is 0. The molecule has 0 unspecified atom stereocenters. The van der Waals surface area contributed by atoms with Crippen LogP contribution in [0.1, 0.15) is 1.43 Å². The van der Waals surface area contributed by atoms with Crippen LogP contribution in [0.15, 0.2) is 47.4 Å². The summed E-state index contributed by atoms with van der Waals surface area (Å²) >= 11 is 0. The Morgan fingerprint density at radius 1 is 1.00 bits per heavy atom. The monoisotopic (exact) mass is 270 g/mol. The SMILES string of the molecule is NS(=O)(=O)c1cccc2c1[nH]c1ccccc12.[H-].[Na+]. The van der Waals surface area contributed by atoms with Crippen LogP contribution in [0.2, 0.25) is 0 Å². The van der Waals surface area contributed by atoms with Crippen LogP contribution in [0, 0.1) is 0 Å². The van der Waals surface area contributed by atoms with E-state index in [0.29, 0.717) is 5.52 Å². The van der Waals surface area contributed by atoms with Crippen LogP contribution >= 0.6 is 0 Å². The van der Waals surface area contributed by atoms with Gasteiger partial charge in [-0.15, -0.1) is 0 Å². The first-order valence-electron chi connectivity index (χ1n) is 5.09. The molecule has 0 aliphatic rings. The maximum absolute atomic E-state index is 11.5. The molecule has 3 rings (SSSR count). The van der Waals surface area contributed by atoms with Crippen LogP contribution in [0.3, 0.4) is 0 Å². The molecule has 0 aliphatic heterocycles. The van der Waals surface area contributed by atoms with Gasteiger partial charge in [0.25, 0.3) is 0 Å². The van der Waals surface area contributed by atoms with E-state index in [1.807, 2.05) is 30.3 Å². The van der Waals surface area contributed by atoms with Gasteiger partial charge in [-0.25, -0.2) is 13.6 Å². The summed E-state index contributed by atoms with van der Waals surface area (Å²) in [4.78, 5) is 3.22. The predicted molar refractivity (Wildman–Crippen MR) is 68.3 cm³/mol. The molecule has 18 heavy (non-hydrogen) atoms. The Kier molecular flexibility index (Phi) is 3.53. The molecule has 0 radical (unpaired) electrons. The Bertz CT molecular complexity index is 830. The van der Waals surface area contributed by atoms with Crippen molar-refractivity contribution in [3.63, 3.8) is 0 Å². The minimum absolute atomic E-state index is 0. The van der Waals surface area contributed by atoms with E-state index in [0.717, 1.165) is 16.3 Å². The normalized spacial score (nSPS) is 11.6. The zero-order valence-corrected chi connectivity index (χ0v) is 12.7. The minimum Gasteiger partial charge on any atom is -1.00 e. The molecule has 88 valence electrons. The van der Waals surface area contributed by atoms with E-state index in [2.05, 4.69) is 4.98 Å². The number of benzene rings is 2. The molecule has 2 aromatic carbocycles. The fourth-order valence-corrected chi connectivity index (χ4v) is 2.80. The van der Waals surface area contributed by atoms with Crippen molar-refractivity contribution in [1.82, 2.24) is 4.98 Å². The topological polar surface area (TPSA) is 76.0 Å². The third-order valence-corrected chi connectivity index (χ3v) is 3.76. The third kappa shape index (κ3) is 2.08. The van der Waals surface area contributed by atoms with Crippen LogP contribution in [-0.2, 0) is 10.0 Å². The Hall–Kier alpha value is -0.850. The first-order valence-corrected chi connectivity index (χ1v) is 6.64. The quantitative estimate of drug-likeness (QED) is 0.561. The molecule has 3 N–H and O–H groups in total. The molecule has 0 aliphatic carbocycles. The van der Waals surface area contributed by atoms with Gasteiger partial charge in [0.05, 0.1) is 5.52 Å². The van der Waals surface area contributed by atoms with Crippen molar-refractivity contribution in [3.05, 3.63) is 42.5 Å². The number of fused-ring (bicyclic) bond motifs is 3. The number of nitrogens with two attached hydrogens (primary N) is 1. The Labute approximate surface area is 128 Å². The summed E-state index contributed by atoms with van der Waals surface area (Å²) in [7, 11) is -3.71. The maximum atomic E-state index is 11.5. The summed E-state index contributed by atoms with van der Waals surface area (Å²) in [6, 6.07) is 12.7. The second kappa shape index (κ2) is 4.68. The standard InChI is InChI=1S/C12H10N2O2S.Na.H/c13-17(15,16)11-7-3-5-9-8-4-1-2-6-10(8)14-12(9)11;;/h1-7,14H,(H2,13,15,16);;/q;+1;-1. The molecule has 1 aromatic heterocycles. The minimum atomic E-state index is -3.71. The number of hydrogen-bond donors (Lipinski definition) is 2. The fraction of sp³-hybridized carbons (Fsp3) is 0. The Morgan fingerprint density at radius 3 is 2.39 bits per heavy atom. The molecule has 0 saturated heterocycles. The van der Waals surface area contributed by atoms with Crippen molar-refractivity contribution < 1.29 is 39.4 Å². The smallest absolute Gasteiger partial charge is 1.00 e. The van der Waals surface area contributed by atoms with Gasteiger partial charge in [-0.1, -0.05) is 30.3 Å². The molecule has 0 spiro atoms. The number of rotatable bonds is 1. The van der Waals surface area contributed by atoms with Crippen molar-refractivity contribution in [2.75, 3.05) is 0 Å². The zero-order valence-electron chi connectivity index (χ0n) is 10.8. The maximum Gasteiger partial charge on any atom is 1.00 e. The van der Waals surface area contributed by atoms with E-state index in [9.17, 15) is 8.42 Å². The first-order chi connectivity index (χ1) is 8.07. The summed E-state index contributed by atoms with van der Waals surface area (Å²) < 4.78 is 23.0. The molecule has 0 fully saturated rings. The van der Waals surface area contributed by atoms with E-state index in [1.54, 1.807) is 6.07 Å². The van der Waals surface area contributed by atoms with E-state index in [4.69, 9.17) is 5.14 Å². The summed E-state index contributed by atoms with van der Waals surface area (Å²) in [5, 5.41) is 7.06. The number of primary sulfonamides is 1. The van der Waals surface area contributed by atoms with E-state index in [1.165, 1.54) is 6.07 Å². The number of para-hydroxylation sites is 2. The first kappa shape index (κ1) is 13.6. The molecule has 0 bridgehead atoms. The van der Waals surface area contributed by atoms with Crippen LogP contribution in [0.5, 0.6) is 0 Å². The fourth-order valence-electron chi connectivity index (χ4n) is 2.08. The molecular formula is C12H11N2NaO2S. The molecular weight excluding hydrogens is 259 g/mol. The zero-order chi connectivity index (χ0) is 12.0. The van der Waals surface area contributed by atoms with Crippen LogP contribution in [0.4, 0.5) is 0 Å². The molecule has 4 nitrogen and oxygen atoms in total. The molecule has 3 aromatic rings. The number of aromatic amines is 1. The Balaban J connectivity index is 0.000000902. The van der Waals surface area contributed by atoms with Gasteiger partial charge in [0.1, 0.15) is 4.90 Å². The van der Waals surface area contributed by atoms with Crippen LogP contribution < -0.4 is 34.7 Å². The Morgan fingerprint density at radius 2 is 1.67 bits per heavy atom. The average Bonchev–Trinajstić information content (AvgIpc) is 2.65. The van der Waals surface area contributed by atoms with Gasteiger partial charge in [-0.3, -0.25) is 0 Å². The predicted octanol–water partition coefficient (Wildman–Crippen LogP) is -0.915. The van der Waals surface area contributed by atoms with Crippen molar-refractivity contribution in [1.29, 1.82) is 0 Å². The summed E-state index contributed by atoms with van der Waals surface area (Å²) in [6.45, 7) is 0. The third-order valence-electron chi connectivity index (χ3n) is 2.81. The van der Waals surface area contributed by atoms with Crippen molar-refractivity contribution >= 4 is 31.8 Å². The van der Waals surface area contributed by atoms with Gasteiger partial charge in [-0.05, 0) is 12.1 Å². The second-order valence-electron chi connectivity index (χ2n) is 3.89. The molecule has 1 heterocycles. The van der Waals surface area contributed by atoms with E-state index in [-0.39, 0.29) is 35.9 Å². The van der Waals surface area contributed by atoms with E-state index < -0.39 is 10.0 Å². The number of hydrogen-bond acceptors (Lipinski definition) is 2. The number of nitrogens with one attached hydrogen (secondary N) is 1. The van der Waals surface area contributed by atoms with Crippen molar-refractivity contribution in [2.45, 2.75) is 4.90 Å². The molecule has 6 heteroatoms. The van der Waals surface area contributed by atoms with Gasteiger partial charge in [0.15, 0.2) is 0 Å². The number of H-pyrrole nitrogens is 1. The van der Waals surface area contributed by atoms with Gasteiger partial charge < -0.3 is 6.41 Å². The van der Waals surface area contributed by atoms with Crippen molar-refractivity contribution in [3.8, 4) is 0 Å². The molecule has 0 saturated carbocycles. The summed E-state index contributed by atoms with van der Waals surface area (Å²) in [5.74, 6) is 0. The number of aromatic nitrogens is 1.